The standard InChI is InChI=1S/C13H20N2/c1-11-3-2-6-13(14,9-11)10-12-4-7-15-8-5-12/h4-5,7-8,11H,2-3,6,9-10,14H2,1H3. The van der Waals surface area contributed by atoms with Gasteiger partial charge in [-0.25, -0.2) is 0 Å². The highest BCUT2D eigenvalue weighted by atomic mass is 14.7. The molecule has 2 nitrogen and oxygen atoms in total. The van der Waals surface area contributed by atoms with E-state index in [1.54, 1.807) is 0 Å². The molecule has 2 heteroatoms. The molecule has 1 aromatic heterocycles. The number of hydrogen-bond donors (Lipinski definition) is 1. The van der Waals surface area contributed by atoms with Crippen molar-refractivity contribution in [3.8, 4) is 0 Å². The molecule has 0 aromatic carbocycles. The first kappa shape index (κ1) is 10.6. The first-order valence-electron chi connectivity index (χ1n) is 5.86. The minimum absolute atomic E-state index is 0.0268. The van der Waals surface area contributed by atoms with Crippen molar-refractivity contribution in [2.24, 2.45) is 11.7 Å². The Kier molecular flexibility index (Phi) is 3.06. The normalized spacial score (nSPS) is 31.5. The van der Waals surface area contributed by atoms with Gasteiger partial charge in [-0.3, -0.25) is 4.98 Å². The lowest BCUT2D eigenvalue weighted by Crippen LogP contribution is -2.45. The van der Waals surface area contributed by atoms with Crippen molar-refractivity contribution >= 4 is 0 Å². The van der Waals surface area contributed by atoms with Gasteiger partial charge < -0.3 is 5.73 Å². The van der Waals surface area contributed by atoms with E-state index in [0.29, 0.717) is 0 Å². The van der Waals surface area contributed by atoms with Gasteiger partial charge in [-0.15, -0.1) is 0 Å². The van der Waals surface area contributed by atoms with Gasteiger partial charge in [0.05, 0.1) is 0 Å². The highest BCUT2D eigenvalue weighted by Crippen LogP contribution is 2.32. The predicted octanol–water partition coefficient (Wildman–Crippen LogP) is 2.53. The molecule has 1 aromatic rings. The van der Waals surface area contributed by atoms with Crippen LogP contribution < -0.4 is 5.73 Å². The van der Waals surface area contributed by atoms with Crippen LogP contribution in [0.2, 0.25) is 0 Å². The van der Waals surface area contributed by atoms with Crippen LogP contribution in [0.25, 0.3) is 0 Å². The van der Waals surface area contributed by atoms with Gasteiger partial charge in [-0.05, 0) is 42.9 Å². The summed E-state index contributed by atoms with van der Waals surface area (Å²) in [6.45, 7) is 2.31. The molecule has 82 valence electrons. The molecule has 2 rings (SSSR count). The Morgan fingerprint density at radius 1 is 1.47 bits per heavy atom. The van der Waals surface area contributed by atoms with Crippen molar-refractivity contribution in [3.63, 3.8) is 0 Å². The van der Waals surface area contributed by atoms with Crippen molar-refractivity contribution in [2.45, 2.75) is 44.6 Å². The third-order valence-electron chi connectivity index (χ3n) is 3.43. The van der Waals surface area contributed by atoms with E-state index in [9.17, 15) is 0 Å². The lowest BCUT2D eigenvalue weighted by Gasteiger charge is -2.37. The fourth-order valence-corrected chi connectivity index (χ4v) is 2.77. The van der Waals surface area contributed by atoms with Gasteiger partial charge in [0, 0.05) is 17.9 Å². The molecule has 2 N–H and O–H groups in total. The van der Waals surface area contributed by atoms with E-state index in [-0.39, 0.29) is 5.54 Å². The molecule has 0 spiro atoms. The maximum absolute atomic E-state index is 6.46. The fourth-order valence-electron chi connectivity index (χ4n) is 2.77. The van der Waals surface area contributed by atoms with Gasteiger partial charge in [0.1, 0.15) is 0 Å². The van der Waals surface area contributed by atoms with Crippen molar-refractivity contribution in [1.82, 2.24) is 4.98 Å². The average molecular weight is 204 g/mol. The number of aromatic nitrogens is 1. The summed E-state index contributed by atoms with van der Waals surface area (Å²) in [6, 6.07) is 4.15. The van der Waals surface area contributed by atoms with Gasteiger partial charge in [-0.2, -0.15) is 0 Å². The molecule has 0 saturated heterocycles. The van der Waals surface area contributed by atoms with E-state index in [1.165, 1.54) is 24.8 Å². The SMILES string of the molecule is CC1CCCC(N)(Cc2ccncc2)C1. The molecule has 1 fully saturated rings. The summed E-state index contributed by atoms with van der Waals surface area (Å²) in [4.78, 5) is 4.04. The Labute approximate surface area is 91.9 Å². The van der Waals surface area contributed by atoms with Crippen LogP contribution in [-0.2, 0) is 6.42 Å². The van der Waals surface area contributed by atoms with E-state index in [2.05, 4.69) is 24.0 Å². The molecular weight excluding hydrogens is 184 g/mol. The van der Waals surface area contributed by atoms with Crippen LogP contribution in [0.4, 0.5) is 0 Å². The summed E-state index contributed by atoms with van der Waals surface area (Å²) in [6.07, 6.45) is 9.66. The summed E-state index contributed by atoms with van der Waals surface area (Å²) in [7, 11) is 0. The lowest BCUT2D eigenvalue weighted by atomic mass is 9.74. The molecule has 2 unspecified atom stereocenters. The zero-order chi connectivity index (χ0) is 10.7. The molecular formula is C13H20N2. The summed E-state index contributed by atoms with van der Waals surface area (Å²) in [5.74, 6) is 0.783. The monoisotopic (exact) mass is 204 g/mol. The molecule has 1 aliphatic rings. The van der Waals surface area contributed by atoms with E-state index >= 15 is 0 Å². The van der Waals surface area contributed by atoms with Crippen LogP contribution in [0, 0.1) is 5.92 Å². The van der Waals surface area contributed by atoms with Gasteiger partial charge >= 0.3 is 0 Å². The topological polar surface area (TPSA) is 38.9 Å². The predicted molar refractivity (Wildman–Crippen MR) is 62.5 cm³/mol. The van der Waals surface area contributed by atoms with Crippen LogP contribution in [0.15, 0.2) is 24.5 Å². The van der Waals surface area contributed by atoms with E-state index in [1.807, 2.05) is 12.4 Å². The summed E-state index contributed by atoms with van der Waals surface area (Å²) >= 11 is 0. The van der Waals surface area contributed by atoms with Crippen LogP contribution in [0.5, 0.6) is 0 Å². The second-order valence-corrected chi connectivity index (χ2v) is 5.10. The van der Waals surface area contributed by atoms with E-state index < -0.39 is 0 Å². The lowest BCUT2D eigenvalue weighted by molar-refractivity contribution is 0.235. The minimum Gasteiger partial charge on any atom is -0.325 e. The van der Waals surface area contributed by atoms with Crippen LogP contribution in [-0.4, -0.2) is 10.5 Å². The average Bonchev–Trinajstić information content (AvgIpc) is 2.18. The number of rotatable bonds is 2. The maximum atomic E-state index is 6.46. The summed E-state index contributed by atoms with van der Waals surface area (Å²) < 4.78 is 0. The van der Waals surface area contributed by atoms with Crippen molar-refractivity contribution < 1.29 is 0 Å². The van der Waals surface area contributed by atoms with Gasteiger partial charge in [0.25, 0.3) is 0 Å². The van der Waals surface area contributed by atoms with Gasteiger partial charge in [-0.1, -0.05) is 19.8 Å². The van der Waals surface area contributed by atoms with Gasteiger partial charge in [0.2, 0.25) is 0 Å². The van der Waals surface area contributed by atoms with Crippen LogP contribution >= 0.6 is 0 Å². The second kappa shape index (κ2) is 4.31. The fraction of sp³-hybridized carbons (Fsp3) is 0.615. The quantitative estimate of drug-likeness (QED) is 0.804. The van der Waals surface area contributed by atoms with Gasteiger partial charge in [0.15, 0.2) is 0 Å². The number of nitrogens with two attached hydrogens (primary N) is 1. The first-order valence-corrected chi connectivity index (χ1v) is 5.86. The van der Waals surface area contributed by atoms with Crippen molar-refractivity contribution in [3.05, 3.63) is 30.1 Å². The molecule has 15 heavy (non-hydrogen) atoms. The minimum atomic E-state index is 0.0268. The number of hydrogen-bond acceptors (Lipinski definition) is 2. The van der Waals surface area contributed by atoms with Crippen molar-refractivity contribution in [2.75, 3.05) is 0 Å². The highest BCUT2D eigenvalue weighted by molar-refractivity contribution is 5.14. The molecule has 0 amide bonds. The summed E-state index contributed by atoms with van der Waals surface area (Å²) in [5.41, 5.74) is 7.81. The highest BCUT2D eigenvalue weighted by Gasteiger charge is 2.30. The molecule has 1 saturated carbocycles. The second-order valence-electron chi connectivity index (χ2n) is 5.10. The Hall–Kier alpha value is -0.890. The zero-order valence-corrected chi connectivity index (χ0v) is 9.45. The Morgan fingerprint density at radius 2 is 2.20 bits per heavy atom. The third kappa shape index (κ3) is 2.78. The third-order valence-corrected chi connectivity index (χ3v) is 3.43. The largest absolute Gasteiger partial charge is 0.325 e. The molecule has 1 aliphatic carbocycles. The van der Waals surface area contributed by atoms with E-state index in [0.717, 1.165) is 18.8 Å². The van der Waals surface area contributed by atoms with Crippen molar-refractivity contribution in [1.29, 1.82) is 0 Å². The Morgan fingerprint density at radius 3 is 2.87 bits per heavy atom. The first-order chi connectivity index (χ1) is 7.18. The molecule has 0 aliphatic heterocycles. The molecule has 1 heterocycles. The smallest absolute Gasteiger partial charge is 0.0270 e. The number of pyridine rings is 1. The number of nitrogens with zero attached hydrogens (tertiary/aromatic N) is 1. The Bertz CT molecular complexity index is 310. The van der Waals surface area contributed by atoms with E-state index in [4.69, 9.17) is 5.73 Å². The van der Waals surface area contributed by atoms with Crippen LogP contribution in [0.3, 0.4) is 0 Å². The van der Waals surface area contributed by atoms with Crippen LogP contribution in [0.1, 0.15) is 38.2 Å². The summed E-state index contributed by atoms with van der Waals surface area (Å²) in [5, 5.41) is 0. The molecule has 0 bridgehead atoms. The molecule has 2 atom stereocenters. The zero-order valence-electron chi connectivity index (χ0n) is 9.45. The Balaban J connectivity index is 2.04. The maximum Gasteiger partial charge on any atom is 0.0270 e. The molecule has 0 radical (unpaired) electrons.